The lowest BCUT2D eigenvalue weighted by Crippen LogP contribution is -2.48. The summed E-state index contributed by atoms with van der Waals surface area (Å²) in [5.41, 5.74) is 3.18. The number of aromatic hydroxyl groups is 1. The number of nitrogens with one attached hydrogen (secondary N) is 2. The van der Waals surface area contributed by atoms with E-state index in [0.717, 1.165) is 5.56 Å². The number of amides is 1. The van der Waals surface area contributed by atoms with Crippen LogP contribution in [0.1, 0.15) is 18.5 Å². The molecule has 3 aromatic carbocycles. The molecule has 1 heterocycles. The summed E-state index contributed by atoms with van der Waals surface area (Å²) in [6.07, 6.45) is 0. The number of rotatable bonds is 4. The van der Waals surface area contributed by atoms with Crippen molar-refractivity contribution in [2.45, 2.75) is 13.0 Å². The van der Waals surface area contributed by atoms with Gasteiger partial charge in [0.15, 0.2) is 5.11 Å². The second-order valence-electron chi connectivity index (χ2n) is 7.11. The van der Waals surface area contributed by atoms with Crippen molar-refractivity contribution in [1.29, 1.82) is 0 Å². The fraction of sp³-hybridized carbons (Fsp3) is 0.0833. The van der Waals surface area contributed by atoms with Crippen LogP contribution >= 0.6 is 12.2 Å². The molecule has 0 fully saturated rings. The van der Waals surface area contributed by atoms with E-state index in [1.165, 1.54) is 12.1 Å². The van der Waals surface area contributed by atoms with Gasteiger partial charge in [-0.05, 0) is 73.2 Å². The van der Waals surface area contributed by atoms with E-state index < -0.39 is 6.04 Å². The predicted molar refractivity (Wildman–Crippen MR) is 123 cm³/mol. The van der Waals surface area contributed by atoms with Gasteiger partial charge in [-0.1, -0.05) is 30.3 Å². The van der Waals surface area contributed by atoms with E-state index in [9.17, 15) is 14.3 Å². The molecule has 31 heavy (non-hydrogen) atoms. The van der Waals surface area contributed by atoms with Crippen LogP contribution in [0.15, 0.2) is 90.1 Å². The van der Waals surface area contributed by atoms with Crippen LogP contribution in [0.25, 0.3) is 0 Å². The molecule has 0 spiro atoms. The number of anilines is 2. The summed E-state index contributed by atoms with van der Waals surface area (Å²) in [4.78, 5) is 15.1. The minimum Gasteiger partial charge on any atom is -0.508 e. The molecular weight excluding hydrogens is 413 g/mol. The molecule has 1 aliphatic rings. The van der Waals surface area contributed by atoms with Crippen molar-refractivity contribution in [1.82, 2.24) is 5.32 Å². The zero-order chi connectivity index (χ0) is 22.0. The molecule has 0 saturated carbocycles. The summed E-state index contributed by atoms with van der Waals surface area (Å²) in [6, 6.07) is 21.2. The van der Waals surface area contributed by atoms with E-state index in [1.807, 2.05) is 37.3 Å². The molecule has 0 unspecified atom stereocenters. The molecule has 156 valence electrons. The van der Waals surface area contributed by atoms with Crippen LogP contribution < -0.4 is 15.5 Å². The normalized spacial score (nSPS) is 16.1. The Labute approximate surface area is 184 Å². The number of hydrogen-bond acceptors (Lipinski definition) is 3. The van der Waals surface area contributed by atoms with Gasteiger partial charge in [-0.3, -0.25) is 9.69 Å². The molecule has 0 radical (unpaired) electrons. The number of halogens is 1. The lowest BCUT2D eigenvalue weighted by Gasteiger charge is -2.38. The van der Waals surface area contributed by atoms with Gasteiger partial charge >= 0.3 is 0 Å². The van der Waals surface area contributed by atoms with Gasteiger partial charge in [0.1, 0.15) is 11.6 Å². The lowest BCUT2D eigenvalue weighted by atomic mass is 9.94. The highest BCUT2D eigenvalue weighted by atomic mass is 32.1. The molecule has 0 aliphatic carbocycles. The summed E-state index contributed by atoms with van der Waals surface area (Å²) in [5, 5.41) is 16.2. The average Bonchev–Trinajstić information content (AvgIpc) is 2.76. The first-order chi connectivity index (χ1) is 14.9. The molecule has 1 atom stereocenters. The number of phenolic OH excluding ortho intramolecular Hbond substituents is 1. The van der Waals surface area contributed by atoms with Crippen LogP contribution in [0.5, 0.6) is 5.75 Å². The monoisotopic (exact) mass is 433 g/mol. The standard InChI is InChI=1S/C24H20FN3O2S/c1-15-21(23(30)26-18-5-3-2-4-6-18)22(16-7-13-20(29)14-8-16)27-24(31)28(15)19-11-9-17(25)10-12-19/h2-14,22,29H,1H3,(H,26,30)(H,27,31)/t22-/m1/s1. The van der Waals surface area contributed by atoms with Gasteiger partial charge < -0.3 is 15.7 Å². The molecule has 0 saturated heterocycles. The van der Waals surface area contributed by atoms with Gasteiger partial charge in [-0.25, -0.2) is 4.39 Å². The largest absolute Gasteiger partial charge is 0.508 e. The van der Waals surface area contributed by atoms with Crippen LogP contribution in [-0.2, 0) is 4.79 Å². The highest BCUT2D eigenvalue weighted by Gasteiger charge is 2.34. The van der Waals surface area contributed by atoms with Gasteiger partial charge in [-0.2, -0.15) is 0 Å². The number of benzene rings is 3. The number of allylic oxidation sites excluding steroid dienone is 1. The van der Waals surface area contributed by atoms with Crippen LogP contribution in [0.3, 0.4) is 0 Å². The topological polar surface area (TPSA) is 64.6 Å². The second kappa shape index (κ2) is 8.57. The molecule has 1 amide bonds. The maximum Gasteiger partial charge on any atom is 0.255 e. The maximum atomic E-state index is 13.4. The van der Waals surface area contributed by atoms with Crippen LogP contribution in [-0.4, -0.2) is 16.1 Å². The van der Waals surface area contributed by atoms with E-state index in [2.05, 4.69) is 10.6 Å². The van der Waals surface area contributed by atoms with Crippen molar-refractivity contribution in [2.75, 3.05) is 10.2 Å². The highest BCUT2D eigenvalue weighted by Crippen LogP contribution is 2.34. The predicted octanol–water partition coefficient (Wildman–Crippen LogP) is 4.88. The minimum absolute atomic E-state index is 0.131. The molecule has 4 rings (SSSR count). The van der Waals surface area contributed by atoms with Crippen LogP contribution in [0.4, 0.5) is 15.8 Å². The summed E-state index contributed by atoms with van der Waals surface area (Å²) < 4.78 is 13.4. The molecule has 3 aromatic rings. The first kappa shape index (κ1) is 20.6. The Morgan fingerprint density at radius 2 is 1.68 bits per heavy atom. The molecule has 5 nitrogen and oxygen atoms in total. The summed E-state index contributed by atoms with van der Waals surface area (Å²) in [5.74, 6) is -0.514. The van der Waals surface area contributed by atoms with Crippen molar-refractivity contribution in [3.05, 3.63) is 102 Å². The van der Waals surface area contributed by atoms with E-state index in [1.54, 1.807) is 41.3 Å². The Morgan fingerprint density at radius 1 is 1.03 bits per heavy atom. The Morgan fingerprint density at radius 3 is 2.32 bits per heavy atom. The summed E-state index contributed by atoms with van der Waals surface area (Å²) >= 11 is 5.60. The Hall–Kier alpha value is -3.71. The van der Waals surface area contributed by atoms with Crippen LogP contribution in [0, 0.1) is 5.82 Å². The molecule has 7 heteroatoms. The Bertz CT molecular complexity index is 1150. The zero-order valence-electron chi connectivity index (χ0n) is 16.7. The average molecular weight is 434 g/mol. The van der Waals surface area contributed by atoms with Crippen molar-refractivity contribution >= 4 is 34.6 Å². The number of phenols is 1. The first-order valence-electron chi connectivity index (χ1n) is 9.66. The first-order valence-corrected chi connectivity index (χ1v) is 10.1. The molecule has 3 N–H and O–H groups in total. The molecule has 0 aromatic heterocycles. The highest BCUT2D eigenvalue weighted by molar-refractivity contribution is 7.80. The van der Waals surface area contributed by atoms with Gasteiger partial charge in [0.2, 0.25) is 0 Å². The van der Waals surface area contributed by atoms with E-state index in [-0.39, 0.29) is 17.5 Å². The maximum absolute atomic E-state index is 13.4. The third kappa shape index (κ3) is 4.27. The third-order valence-electron chi connectivity index (χ3n) is 5.07. The van der Waals surface area contributed by atoms with E-state index in [0.29, 0.717) is 27.8 Å². The molecular formula is C24H20FN3O2S. The fourth-order valence-electron chi connectivity index (χ4n) is 3.58. The van der Waals surface area contributed by atoms with E-state index >= 15 is 0 Å². The molecule has 1 aliphatic heterocycles. The molecule has 0 bridgehead atoms. The third-order valence-corrected chi connectivity index (χ3v) is 5.37. The Kier molecular flexibility index (Phi) is 5.68. The number of hydrogen-bond donors (Lipinski definition) is 3. The Balaban J connectivity index is 1.80. The van der Waals surface area contributed by atoms with Crippen molar-refractivity contribution in [2.24, 2.45) is 0 Å². The van der Waals surface area contributed by atoms with Crippen molar-refractivity contribution < 1.29 is 14.3 Å². The smallest absolute Gasteiger partial charge is 0.255 e. The summed E-state index contributed by atoms with van der Waals surface area (Å²) in [7, 11) is 0. The number of thiocarbonyl (C=S) groups is 1. The SMILES string of the molecule is CC1=C(C(=O)Nc2ccccc2)[C@@H](c2ccc(O)cc2)NC(=S)N1c1ccc(F)cc1. The minimum atomic E-state index is -0.520. The summed E-state index contributed by atoms with van der Waals surface area (Å²) in [6.45, 7) is 1.81. The lowest BCUT2D eigenvalue weighted by molar-refractivity contribution is -0.113. The number of nitrogens with zero attached hydrogens (tertiary/aromatic N) is 1. The van der Waals surface area contributed by atoms with Gasteiger partial charge in [0.05, 0.1) is 11.6 Å². The second-order valence-corrected chi connectivity index (χ2v) is 7.49. The van der Waals surface area contributed by atoms with Crippen molar-refractivity contribution in [3.8, 4) is 5.75 Å². The van der Waals surface area contributed by atoms with Gasteiger partial charge in [0.25, 0.3) is 5.91 Å². The number of carbonyl (C=O) groups is 1. The number of para-hydroxylation sites is 1. The number of carbonyl (C=O) groups excluding carboxylic acids is 1. The van der Waals surface area contributed by atoms with Crippen LogP contribution in [0.2, 0.25) is 0 Å². The van der Waals surface area contributed by atoms with E-state index in [4.69, 9.17) is 12.2 Å². The van der Waals surface area contributed by atoms with Gasteiger partial charge in [0, 0.05) is 17.1 Å². The zero-order valence-corrected chi connectivity index (χ0v) is 17.5. The fourth-order valence-corrected chi connectivity index (χ4v) is 3.94. The quantitative estimate of drug-likeness (QED) is 0.512. The van der Waals surface area contributed by atoms with Crippen molar-refractivity contribution in [3.63, 3.8) is 0 Å². The van der Waals surface area contributed by atoms with Gasteiger partial charge in [-0.15, -0.1) is 0 Å².